The van der Waals surface area contributed by atoms with Gasteiger partial charge < -0.3 is 5.32 Å². The lowest BCUT2D eigenvalue weighted by atomic mass is 9.91. The molecule has 1 atom stereocenters. The first-order valence-corrected chi connectivity index (χ1v) is 9.16. The molecule has 0 spiro atoms. The molecule has 0 aliphatic heterocycles. The molecule has 1 N–H and O–H groups in total. The fourth-order valence-electron chi connectivity index (χ4n) is 3.58. The number of carbonyl (C=O) groups excluding carboxylic acids is 1. The van der Waals surface area contributed by atoms with Crippen LogP contribution in [-0.2, 0) is 4.79 Å². The molecular weight excluding hydrogens is 298 g/mol. The van der Waals surface area contributed by atoms with Gasteiger partial charge in [-0.1, -0.05) is 62.4 Å². The highest BCUT2D eigenvalue weighted by molar-refractivity contribution is 5.83. The van der Waals surface area contributed by atoms with Crippen molar-refractivity contribution in [3.05, 3.63) is 54.4 Å². The quantitative estimate of drug-likeness (QED) is 0.905. The van der Waals surface area contributed by atoms with Crippen LogP contribution in [0.15, 0.2) is 48.8 Å². The molecule has 1 aromatic heterocycles. The van der Waals surface area contributed by atoms with E-state index in [0.717, 1.165) is 12.1 Å². The molecular formula is C20H27N3O. The third-order valence-corrected chi connectivity index (χ3v) is 4.94. The molecule has 2 aromatic rings. The van der Waals surface area contributed by atoms with Crippen LogP contribution in [0.3, 0.4) is 0 Å². The zero-order valence-corrected chi connectivity index (χ0v) is 14.2. The molecule has 1 unspecified atom stereocenters. The summed E-state index contributed by atoms with van der Waals surface area (Å²) < 4.78 is 1.74. The van der Waals surface area contributed by atoms with Crippen molar-refractivity contribution in [2.24, 2.45) is 5.92 Å². The van der Waals surface area contributed by atoms with E-state index >= 15 is 0 Å². The Bertz CT molecular complexity index is 601. The summed E-state index contributed by atoms with van der Waals surface area (Å²) >= 11 is 0. The normalized spacial score (nSPS) is 17.7. The van der Waals surface area contributed by atoms with Gasteiger partial charge >= 0.3 is 0 Å². The molecule has 0 radical (unpaired) electrons. The zero-order valence-electron chi connectivity index (χ0n) is 14.2. The van der Waals surface area contributed by atoms with E-state index in [4.69, 9.17) is 0 Å². The number of nitrogens with zero attached hydrogens (tertiary/aromatic N) is 2. The molecule has 24 heavy (non-hydrogen) atoms. The minimum atomic E-state index is -0.394. The predicted octanol–water partition coefficient (Wildman–Crippen LogP) is 3.95. The minimum Gasteiger partial charge on any atom is -0.354 e. The Labute approximate surface area is 144 Å². The van der Waals surface area contributed by atoms with Crippen molar-refractivity contribution in [2.75, 3.05) is 6.54 Å². The Morgan fingerprint density at radius 3 is 2.46 bits per heavy atom. The minimum absolute atomic E-state index is 0.0342. The maximum atomic E-state index is 12.9. The average Bonchev–Trinajstić information content (AvgIpc) is 3.09. The summed E-state index contributed by atoms with van der Waals surface area (Å²) in [4.78, 5) is 12.9. The lowest BCUT2D eigenvalue weighted by molar-refractivity contribution is -0.123. The first-order chi connectivity index (χ1) is 11.8. The van der Waals surface area contributed by atoms with Gasteiger partial charge in [-0.25, -0.2) is 0 Å². The van der Waals surface area contributed by atoms with Crippen molar-refractivity contribution in [3.8, 4) is 0 Å². The Kier molecular flexibility index (Phi) is 6.05. The van der Waals surface area contributed by atoms with Crippen molar-refractivity contribution in [3.63, 3.8) is 0 Å². The van der Waals surface area contributed by atoms with Crippen molar-refractivity contribution in [1.82, 2.24) is 15.1 Å². The van der Waals surface area contributed by atoms with Crippen molar-refractivity contribution in [1.29, 1.82) is 0 Å². The first-order valence-electron chi connectivity index (χ1n) is 9.16. The lowest BCUT2D eigenvalue weighted by Gasteiger charge is -2.22. The highest BCUT2D eigenvalue weighted by Gasteiger charge is 2.23. The van der Waals surface area contributed by atoms with Crippen LogP contribution in [-0.4, -0.2) is 22.2 Å². The van der Waals surface area contributed by atoms with Gasteiger partial charge in [-0.2, -0.15) is 5.10 Å². The number of amides is 1. The average molecular weight is 325 g/mol. The van der Waals surface area contributed by atoms with Crippen molar-refractivity contribution in [2.45, 2.75) is 51.0 Å². The molecule has 0 bridgehead atoms. The van der Waals surface area contributed by atoms with Gasteiger partial charge in [0, 0.05) is 18.9 Å². The molecule has 1 aliphatic rings. The third kappa shape index (κ3) is 4.47. The molecule has 128 valence electrons. The number of benzene rings is 1. The van der Waals surface area contributed by atoms with Gasteiger partial charge in [-0.3, -0.25) is 9.48 Å². The van der Waals surface area contributed by atoms with Gasteiger partial charge in [-0.05, 0) is 30.4 Å². The molecule has 1 aromatic carbocycles. The number of hydrogen-bond donors (Lipinski definition) is 1. The van der Waals surface area contributed by atoms with Crippen LogP contribution in [0.2, 0.25) is 0 Å². The number of hydrogen-bond acceptors (Lipinski definition) is 2. The molecule has 4 nitrogen and oxygen atoms in total. The fourth-order valence-corrected chi connectivity index (χ4v) is 3.58. The van der Waals surface area contributed by atoms with Gasteiger partial charge in [0.1, 0.15) is 0 Å². The highest BCUT2D eigenvalue weighted by atomic mass is 16.2. The van der Waals surface area contributed by atoms with E-state index in [-0.39, 0.29) is 5.91 Å². The van der Waals surface area contributed by atoms with E-state index in [1.54, 1.807) is 10.9 Å². The Morgan fingerprint density at radius 2 is 1.79 bits per heavy atom. The second-order valence-corrected chi connectivity index (χ2v) is 6.76. The summed E-state index contributed by atoms with van der Waals surface area (Å²) in [7, 11) is 0. The molecule has 1 heterocycles. The van der Waals surface area contributed by atoms with E-state index in [2.05, 4.69) is 10.4 Å². The van der Waals surface area contributed by atoms with Gasteiger partial charge in [0.15, 0.2) is 6.04 Å². The molecule has 1 amide bonds. The second-order valence-electron chi connectivity index (χ2n) is 6.76. The van der Waals surface area contributed by atoms with E-state index < -0.39 is 6.04 Å². The standard InChI is InChI=1S/C20H27N3O/c24-20(21-16-17-10-5-2-1-3-6-11-17)19(23-15-9-14-22-23)18-12-7-4-8-13-18/h4,7-9,12-15,17,19H,1-3,5-6,10-11,16H2,(H,21,24). The second kappa shape index (κ2) is 8.67. The smallest absolute Gasteiger partial charge is 0.249 e. The maximum absolute atomic E-state index is 12.9. The monoisotopic (exact) mass is 325 g/mol. The summed E-state index contributed by atoms with van der Waals surface area (Å²) in [5.74, 6) is 0.648. The zero-order chi connectivity index (χ0) is 16.6. The first kappa shape index (κ1) is 16.7. The fraction of sp³-hybridized carbons (Fsp3) is 0.500. The number of rotatable bonds is 5. The van der Waals surface area contributed by atoms with Gasteiger partial charge in [-0.15, -0.1) is 0 Å². The van der Waals surface area contributed by atoms with Gasteiger partial charge in [0.05, 0.1) is 0 Å². The Balaban J connectivity index is 1.65. The molecule has 3 rings (SSSR count). The molecule has 0 saturated heterocycles. The molecule has 1 aliphatic carbocycles. The SMILES string of the molecule is O=C(NCC1CCCCCCC1)C(c1ccccc1)n1cccn1. The summed E-state index contributed by atoms with van der Waals surface area (Å²) in [5, 5.41) is 7.48. The predicted molar refractivity (Wildman–Crippen MR) is 95.6 cm³/mol. The topological polar surface area (TPSA) is 46.9 Å². The Morgan fingerprint density at radius 1 is 1.08 bits per heavy atom. The summed E-state index contributed by atoms with van der Waals surface area (Å²) in [5.41, 5.74) is 0.969. The van der Waals surface area contributed by atoms with E-state index in [0.29, 0.717) is 5.92 Å². The van der Waals surface area contributed by atoms with Crippen LogP contribution in [0.25, 0.3) is 0 Å². The van der Waals surface area contributed by atoms with Crippen LogP contribution >= 0.6 is 0 Å². The van der Waals surface area contributed by atoms with Crippen LogP contribution in [0.5, 0.6) is 0 Å². The molecule has 1 saturated carbocycles. The van der Waals surface area contributed by atoms with Crippen LogP contribution in [0, 0.1) is 5.92 Å². The number of nitrogens with one attached hydrogen (secondary N) is 1. The van der Waals surface area contributed by atoms with Crippen LogP contribution in [0.4, 0.5) is 0 Å². The molecule has 1 fully saturated rings. The van der Waals surface area contributed by atoms with E-state index in [1.807, 2.05) is 42.6 Å². The van der Waals surface area contributed by atoms with E-state index in [9.17, 15) is 4.79 Å². The summed E-state index contributed by atoms with van der Waals surface area (Å²) in [6.07, 6.45) is 12.7. The van der Waals surface area contributed by atoms with Gasteiger partial charge in [0.25, 0.3) is 0 Å². The summed E-state index contributed by atoms with van der Waals surface area (Å²) in [6, 6.07) is 11.3. The lowest BCUT2D eigenvalue weighted by Crippen LogP contribution is -2.36. The highest BCUT2D eigenvalue weighted by Crippen LogP contribution is 2.22. The maximum Gasteiger partial charge on any atom is 0.249 e. The van der Waals surface area contributed by atoms with Crippen molar-refractivity contribution < 1.29 is 4.79 Å². The van der Waals surface area contributed by atoms with Crippen LogP contribution in [0.1, 0.15) is 56.6 Å². The molecule has 4 heteroatoms. The Hall–Kier alpha value is -2.10. The number of aromatic nitrogens is 2. The summed E-state index contributed by atoms with van der Waals surface area (Å²) in [6.45, 7) is 0.781. The van der Waals surface area contributed by atoms with Crippen LogP contribution < -0.4 is 5.32 Å². The van der Waals surface area contributed by atoms with E-state index in [1.165, 1.54) is 44.9 Å². The third-order valence-electron chi connectivity index (χ3n) is 4.94. The largest absolute Gasteiger partial charge is 0.354 e. The number of carbonyl (C=O) groups is 1. The van der Waals surface area contributed by atoms with Crippen molar-refractivity contribution >= 4 is 5.91 Å². The van der Waals surface area contributed by atoms with Gasteiger partial charge in [0.2, 0.25) is 5.91 Å².